The summed E-state index contributed by atoms with van der Waals surface area (Å²) in [7, 11) is 0. The summed E-state index contributed by atoms with van der Waals surface area (Å²) in [6, 6.07) is 8.38. The van der Waals surface area contributed by atoms with Crippen LogP contribution >= 0.6 is 0 Å². The molecule has 5 heteroatoms. The van der Waals surface area contributed by atoms with Crippen molar-refractivity contribution in [2.24, 2.45) is 5.41 Å². The van der Waals surface area contributed by atoms with Crippen molar-refractivity contribution in [3.05, 3.63) is 65.5 Å². The third kappa shape index (κ3) is 3.06. The van der Waals surface area contributed by atoms with Crippen molar-refractivity contribution >= 4 is 0 Å². The van der Waals surface area contributed by atoms with E-state index in [0.717, 1.165) is 38.6 Å². The van der Waals surface area contributed by atoms with E-state index >= 15 is 0 Å². The summed E-state index contributed by atoms with van der Waals surface area (Å²) in [6.45, 7) is 2.97. The molecule has 4 rings (SSSR count). The smallest absolute Gasteiger partial charge is 0.163 e. The lowest BCUT2D eigenvalue weighted by Gasteiger charge is -2.47. The van der Waals surface area contributed by atoms with Gasteiger partial charge in [-0.25, -0.2) is 8.78 Å². The molecular weight excluding hydrogens is 310 g/mol. The van der Waals surface area contributed by atoms with E-state index in [-0.39, 0.29) is 11.5 Å². The van der Waals surface area contributed by atoms with Crippen molar-refractivity contribution in [3.63, 3.8) is 0 Å². The Balaban J connectivity index is 1.32. The van der Waals surface area contributed by atoms with Gasteiger partial charge in [0.25, 0.3) is 0 Å². The predicted molar refractivity (Wildman–Crippen MR) is 86.4 cm³/mol. The van der Waals surface area contributed by atoms with Crippen LogP contribution in [0.15, 0.2) is 42.7 Å². The van der Waals surface area contributed by atoms with E-state index in [0.29, 0.717) is 12.1 Å². The van der Waals surface area contributed by atoms with E-state index in [1.54, 1.807) is 18.3 Å². The topological polar surface area (TPSA) is 25.4 Å². The zero-order valence-corrected chi connectivity index (χ0v) is 13.4. The monoisotopic (exact) mass is 330 g/mol. The van der Waals surface area contributed by atoms with Gasteiger partial charge in [0.2, 0.25) is 0 Å². The Morgan fingerprint density at radius 1 is 1.21 bits per heavy atom. The van der Waals surface area contributed by atoms with Crippen LogP contribution in [0, 0.1) is 17.0 Å². The fourth-order valence-electron chi connectivity index (χ4n) is 3.95. The second-order valence-electron chi connectivity index (χ2n) is 7.06. The van der Waals surface area contributed by atoms with Gasteiger partial charge in [0.15, 0.2) is 11.6 Å². The minimum atomic E-state index is -0.775. The number of hydrogen-bond donors (Lipinski definition) is 0. The molecule has 0 unspecified atom stereocenters. The van der Waals surface area contributed by atoms with Crippen LogP contribution in [0.5, 0.6) is 0 Å². The second kappa shape index (κ2) is 6.22. The standard InChI is InChI=1S/C19H20F2N2O/c20-17-5-1-4-15(18(17)21)10-23-11-19(12-23)8-16(24-13-19)7-14-3-2-6-22-9-14/h1-6,9,16H,7-8,10-13H2/t16-/m1/s1. The van der Waals surface area contributed by atoms with E-state index in [1.165, 1.54) is 5.56 Å². The first-order chi connectivity index (χ1) is 11.6. The first-order valence-electron chi connectivity index (χ1n) is 8.29. The van der Waals surface area contributed by atoms with Gasteiger partial charge >= 0.3 is 0 Å². The first kappa shape index (κ1) is 15.7. The van der Waals surface area contributed by atoms with Gasteiger partial charge in [-0.05, 0) is 24.1 Å². The molecule has 2 fully saturated rings. The Hall–Kier alpha value is -1.85. The summed E-state index contributed by atoms with van der Waals surface area (Å²) in [4.78, 5) is 6.30. The zero-order valence-electron chi connectivity index (χ0n) is 13.4. The van der Waals surface area contributed by atoms with Crippen molar-refractivity contribution in [1.29, 1.82) is 0 Å². The molecule has 1 aromatic carbocycles. The van der Waals surface area contributed by atoms with Crippen molar-refractivity contribution in [1.82, 2.24) is 9.88 Å². The average Bonchev–Trinajstić information content (AvgIpc) is 2.96. The number of nitrogens with zero attached hydrogens (tertiary/aromatic N) is 2. The Morgan fingerprint density at radius 3 is 2.88 bits per heavy atom. The van der Waals surface area contributed by atoms with Gasteiger partial charge in [-0.3, -0.25) is 9.88 Å². The summed E-state index contributed by atoms with van der Waals surface area (Å²) in [5, 5.41) is 0. The Bertz CT molecular complexity index is 717. The molecular formula is C19H20F2N2O. The van der Waals surface area contributed by atoms with E-state index in [9.17, 15) is 8.78 Å². The summed E-state index contributed by atoms with van der Waals surface area (Å²) >= 11 is 0. The van der Waals surface area contributed by atoms with Crippen molar-refractivity contribution in [2.45, 2.75) is 25.5 Å². The van der Waals surface area contributed by atoms with Gasteiger partial charge in [-0.15, -0.1) is 0 Å². The van der Waals surface area contributed by atoms with Crippen molar-refractivity contribution < 1.29 is 13.5 Å². The van der Waals surface area contributed by atoms with Crippen LogP contribution in [0.25, 0.3) is 0 Å². The molecule has 0 aliphatic carbocycles. The zero-order chi connectivity index (χ0) is 16.6. The molecule has 2 aliphatic heterocycles. The molecule has 0 radical (unpaired) electrons. The molecule has 126 valence electrons. The van der Waals surface area contributed by atoms with Gasteiger partial charge in [0.1, 0.15) is 0 Å². The Kier molecular flexibility index (Phi) is 4.06. The molecule has 1 aromatic heterocycles. The molecule has 0 saturated carbocycles. The van der Waals surface area contributed by atoms with Crippen LogP contribution in [0.3, 0.4) is 0 Å². The maximum absolute atomic E-state index is 13.8. The van der Waals surface area contributed by atoms with E-state index in [2.05, 4.69) is 16.0 Å². The lowest BCUT2D eigenvalue weighted by atomic mass is 9.77. The normalized spacial score (nSPS) is 22.7. The number of aromatic nitrogens is 1. The summed E-state index contributed by atoms with van der Waals surface area (Å²) in [5.74, 6) is -1.50. The number of pyridine rings is 1. The molecule has 2 aromatic rings. The highest BCUT2D eigenvalue weighted by molar-refractivity contribution is 5.20. The predicted octanol–water partition coefficient (Wildman–Crippen LogP) is 3.19. The van der Waals surface area contributed by atoms with Gasteiger partial charge in [0, 0.05) is 49.4 Å². The number of hydrogen-bond acceptors (Lipinski definition) is 3. The maximum Gasteiger partial charge on any atom is 0.163 e. The summed E-state index contributed by atoms with van der Waals surface area (Å²) < 4.78 is 33.0. The number of benzene rings is 1. The average molecular weight is 330 g/mol. The molecule has 0 bridgehead atoms. The Morgan fingerprint density at radius 2 is 2.08 bits per heavy atom. The molecule has 3 heterocycles. The minimum Gasteiger partial charge on any atom is -0.377 e. The van der Waals surface area contributed by atoms with Crippen LogP contribution < -0.4 is 0 Å². The molecule has 0 amide bonds. The van der Waals surface area contributed by atoms with Gasteiger partial charge in [0.05, 0.1) is 12.7 Å². The van der Waals surface area contributed by atoms with Gasteiger partial charge < -0.3 is 4.74 Å². The third-order valence-electron chi connectivity index (χ3n) is 5.02. The quantitative estimate of drug-likeness (QED) is 0.861. The molecule has 24 heavy (non-hydrogen) atoms. The maximum atomic E-state index is 13.8. The number of rotatable bonds is 4. The highest BCUT2D eigenvalue weighted by Gasteiger charge is 2.48. The third-order valence-corrected chi connectivity index (χ3v) is 5.02. The molecule has 1 spiro atoms. The van der Waals surface area contributed by atoms with E-state index in [4.69, 9.17) is 4.74 Å². The number of ether oxygens (including phenoxy) is 1. The van der Waals surface area contributed by atoms with Gasteiger partial charge in [-0.2, -0.15) is 0 Å². The highest BCUT2D eigenvalue weighted by Crippen LogP contribution is 2.42. The van der Waals surface area contributed by atoms with Crippen LogP contribution in [-0.2, 0) is 17.7 Å². The van der Waals surface area contributed by atoms with Gasteiger partial charge in [-0.1, -0.05) is 18.2 Å². The SMILES string of the molecule is Fc1cccc(CN2CC3(CO[C@H](Cc4cccnc4)C3)C2)c1F. The molecule has 2 aliphatic rings. The first-order valence-corrected chi connectivity index (χ1v) is 8.29. The Labute approximate surface area is 140 Å². The fraction of sp³-hybridized carbons (Fsp3) is 0.421. The largest absolute Gasteiger partial charge is 0.377 e. The lowest BCUT2D eigenvalue weighted by molar-refractivity contribution is -0.0147. The lowest BCUT2D eigenvalue weighted by Crippen LogP contribution is -2.56. The molecule has 0 N–H and O–H groups in total. The minimum absolute atomic E-state index is 0.177. The summed E-state index contributed by atoms with van der Waals surface area (Å²) in [5.41, 5.74) is 1.80. The van der Waals surface area contributed by atoms with Crippen molar-refractivity contribution in [3.8, 4) is 0 Å². The molecule has 1 atom stereocenters. The van der Waals surface area contributed by atoms with Crippen LogP contribution in [0.2, 0.25) is 0 Å². The summed E-state index contributed by atoms with van der Waals surface area (Å²) in [6.07, 6.45) is 5.78. The number of halogens is 2. The second-order valence-corrected chi connectivity index (χ2v) is 7.06. The molecule has 2 saturated heterocycles. The highest BCUT2D eigenvalue weighted by atomic mass is 19.2. The van der Waals surface area contributed by atoms with Crippen LogP contribution in [0.1, 0.15) is 17.5 Å². The van der Waals surface area contributed by atoms with E-state index in [1.807, 2.05) is 12.3 Å². The fourth-order valence-corrected chi connectivity index (χ4v) is 3.95. The van der Waals surface area contributed by atoms with Crippen molar-refractivity contribution in [2.75, 3.05) is 19.7 Å². The van der Waals surface area contributed by atoms with Crippen LogP contribution in [-0.4, -0.2) is 35.7 Å². The molecule has 3 nitrogen and oxygen atoms in total. The van der Waals surface area contributed by atoms with Crippen LogP contribution in [0.4, 0.5) is 8.78 Å². The number of likely N-dealkylation sites (tertiary alicyclic amines) is 1. The van der Waals surface area contributed by atoms with E-state index < -0.39 is 11.6 Å².